The summed E-state index contributed by atoms with van der Waals surface area (Å²) in [5.74, 6) is 0. The summed E-state index contributed by atoms with van der Waals surface area (Å²) in [5, 5.41) is 0. The van der Waals surface area contributed by atoms with Gasteiger partial charge >= 0.3 is 6.11 Å². The van der Waals surface area contributed by atoms with Crippen molar-refractivity contribution in [1.82, 2.24) is 0 Å². The number of nitrogens with zero attached hydrogens (tertiary/aromatic N) is 1. The second kappa shape index (κ2) is 4.37. The summed E-state index contributed by atoms with van der Waals surface area (Å²) in [6.07, 6.45) is -3.69. The lowest BCUT2D eigenvalue weighted by Crippen LogP contribution is -2.23. The van der Waals surface area contributed by atoms with E-state index in [1.165, 1.54) is 13.3 Å². The monoisotopic (exact) mass is 247 g/mol. The molecule has 2 nitrogen and oxygen atoms in total. The zero-order chi connectivity index (χ0) is 11.6. The van der Waals surface area contributed by atoms with E-state index in [2.05, 4.69) is 8.93 Å². The molecule has 0 radical (unpaired) electrons. The Bertz CT molecular complexity index is 246. The van der Waals surface area contributed by atoms with Gasteiger partial charge in [-0.25, -0.2) is 4.39 Å². The largest absolute Gasteiger partial charge is 0.388 e. The minimum atomic E-state index is -3.69. The molecule has 0 heterocycles. The minimum Gasteiger partial charge on any atom is -0.315 e. The van der Waals surface area contributed by atoms with Crippen LogP contribution in [0.25, 0.3) is 0 Å². The first-order chi connectivity index (χ1) is 5.97. The van der Waals surface area contributed by atoms with Crippen LogP contribution >= 0.6 is 7.28 Å². The lowest BCUT2D eigenvalue weighted by molar-refractivity contribution is -0.182. The molecule has 0 aromatic carbocycles. The second-order valence-electron chi connectivity index (χ2n) is 4.43. The topological polar surface area (TPSA) is 21.6 Å². The van der Waals surface area contributed by atoms with Crippen LogP contribution in [0.3, 0.4) is 0 Å². The Labute approximate surface area is 84.1 Å². The van der Waals surface area contributed by atoms with Crippen LogP contribution in [-0.2, 0) is 4.52 Å². The molecule has 7 heteroatoms. The molecule has 0 rings (SSSR count). The number of rotatable bonds is 4. The average molecular weight is 247 g/mol. The predicted octanol–water partition coefficient (Wildman–Crippen LogP) is 3.78. The highest BCUT2D eigenvalue weighted by atomic mass is 31.2. The molecular weight excluding hydrogens is 230 g/mol. The van der Waals surface area contributed by atoms with E-state index < -0.39 is 28.3 Å². The second-order valence-corrected chi connectivity index (χ2v) is 12.3. The van der Waals surface area contributed by atoms with E-state index in [0.717, 1.165) is 0 Å². The van der Waals surface area contributed by atoms with Crippen LogP contribution in [-0.4, -0.2) is 34.3 Å². The van der Waals surface area contributed by atoms with Crippen LogP contribution in [0, 0.1) is 0 Å². The lowest BCUT2D eigenvalue weighted by Gasteiger charge is -2.24. The first-order valence-corrected chi connectivity index (χ1v) is 10.2. The molecule has 0 N–H and O–H groups in total. The van der Waals surface area contributed by atoms with Crippen molar-refractivity contribution in [2.75, 3.05) is 20.0 Å². The molecule has 0 fully saturated rings. The Balaban J connectivity index is 4.74. The summed E-state index contributed by atoms with van der Waals surface area (Å²) in [6, 6.07) is 0. The summed E-state index contributed by atoms with van der Waals surface area (Å²) in [4.78, 5) is 0. The predicted molar refractivity (Wildman–Crippen MR) is 56.5 cm³/mol. The van der Waals surface area contributed by atoms with Gasteiger partial charge in [-0.1, -0.05) is 0 Å². The molecule has 0 aliphatic heterocycles. The van der Waals surface area contributed by atoms with Crippen molar-refractivity contribution in [3.63, 3.8) is 0 Å². The van der Waals surface area contributed by atoms with Crippen LogP contribution in [0.1, 0.15) is 0 Å². The van der Waals surface area contributed by atoms with E-state index in [0.29, 0.717) is 0 Å². The molecule has 0 amide bonds. The standard InChI is InChI=1S/C7H17F3NOPSi/c1-13(2,11-14(3,4)5)12-7(9,10)6-8/h6H2,1-5H3. The van der Waals surface area contributed by atoms with Crippen LogP contribution < -0.4 is 0 Å². The van der Waals surface area contributed by atoms with Crippen molar-refractivity contribution in [1.29, 1.82) is 0 Å². The zero-order valence-electron chi connectivity index (χ0n) is 9.14. The fourth-order valence-electron chi connectivity index (χ4n) is 1.09. The van der Waals surface area contributed by atoms with Crippen molar-refractivity contribution < 1.29 is 17.7 Å². The van der Waals surface area contributed by atoms with Crippen molar-refractivity contribution in [2.24, 2.45) is 4.41 Å². The Morgan fingerprint density at radius 2 is 1.71 bits per heavy atom. The maximum atomic E-state index is 12.6. The number of hydrogen-bond acceptors (Lipinski definition) is 2. The molecule has 0 atom stereocenters. The quantitative estimate of drug-likeness (QED) is 0.547. The molecule has 0 spiro atoms. The molecule has 0 aromatic heterocycles. The fraction of sp³-hybridized carbons (Fsp3) is 1.00. The molecule has 0 saturated heterocycles. The average Bonchev–Trinajstić information content (AvgIpc) is 1.78. The molecule has 0 saturated carbocycles. The molecular formula is C7H17F3NOPSi. The third-order valence-electron chi connectivity index (χ3n) is 1.05. The molecule has 0 aliphatic carbocycles. The molecule has 86 valence electrons. The van der Waals surface area contributed by atoms with Gasteiger partial charge in [-0.15, -0.1) is 0 Å². The lowest BCUT2D eigenvalue weighted by atomic mass is 10.7. The van der Waals surface area contributed by atoms with Crippen molar-refractivity contribution in [2.45, 2.75) is 25.7 Å². The first kappa shape index (κ1) is 14.2. The van der Waals surface area contributed by atoms with Gasteiger partial charge in [0.05, 0.1) is 7.28 Å². The highest BCUT2D eigenvalue weighted by molar-refractivity contribution is 7.61. The summed E-state index contributed by atoms with van der Waals surface area (Å²) >= 11 is 0. The van der Waals surface area contributed by atoms with E-state index in [4.69, 9.17) is 0 Å². The third kappa shape index (κ3) is 6.62. The fourth-order valence-corrected chi connectivity index (χ4v) is 7.74. The molecule has 0 bridgehead atoms. The van der Waals surface area contributed by atoms with Gasteiger partial charge in [-0.05, 0) is 33.0 Å². The van der Waals surface area contributed by atoms with Gasteiger partial charge in [0.1, 0.15) is 0 Å². The number of halogens is 3. The first-order valence-electron chi connectivity index (χ1n) is 4.20. The van der Waals surface area contributed by atoms with Crippen LogP contribution in [0.15, 0.2) is 4.41 Å². The van der Waals surface area contributed by atoms with E-state index >= 15 is 0 Å². The maximum absolute atomic E-state index is 12.6. The van der Waals surface area contributed by atoms with E-state index in [9.17, 15) is 13.2 Å². The highest BCUT2D eigenvalue weighted by Gasteiger charge is 2.34. The smallest absolute Gasteiger partial charge is 0.315 e. The summed E-state index contributed by atoms with van der Waals surface area (Å²) in [5.41, 5.74) is 0. The third-order valence-corrected chi connectivity index (χ3v) is 6.09. The van der Waals surface area contributed by atoms with E-state index in [1.54, 1.807) is 0 Å². The van der Waals surface area contributed by atoms with Crippen LogP contribution in [0.4, 0.5) is 13.2 Å². The van der Waals surface area contributed by atoms with Gasteiger partial charge in [-0.2, -0.15) is 8.78 Å². The Hall–Kier alpha value is 0.197. The van der Waals surface area contributed by atoms with Gasteiger partial charge in [0.15, 0.2) is 14.9 Å². The highest BCUT2D eigenvalue weighted by Crippen LogP contribution is 2.49. The Morgan fingerprint density at radius 1 is 1.29 bits per heavy atom. The van der Waals surface area contributed by atoms with Crippen LogP contribution in [0.5, 0.6) is 0 Å². The summed E-state index contributed by atoms with van der Waals surface area (Å²) in [6.45, 7) is 7.02. The van der Waals surface area contributed by atoms with E-state index in [-0.39, 0.29) is 0 Å². The minimum absolute atomic E-state index is 1.52. The Kier molecular flexibility index (Phi) is 4.43. The van der Waals surface area contributed by atoms with Gasteiger partial charge in [0.2, 0.25) is 0 Å². The van der Waals surface area contributed by atoms with Crippen molar-refractivity contribution in [3.05, 3.63) is 0 Å². The Morgan fingerprint density at radius 3 is 2.00 bits per heavy atom. The molecule has 0 unspecified atom stereocenters. The SMILES string of the molecule is C[Si](C)(C)N=P(C)(C)OC(F)(F)CF. The zero-order valence-corrected chi connectivity index (χ0v) is 11.0. The van der Waals surface area contributed by atoms with Gasteiger partial charge in [-0.3, -0.25) is 4.52 Å². The van der Waals surface area contributed by atoms with Gasteiger partial charge < -0.3 is 4.41 Å². The maximum Gasteiger partial charge on any atom is 0.388 e. The number of alkyl halides is 3. The van der Waals surface area contributed by atoms with E-state index in [1.807, 2.05) is 19.6 Å². The van der Waals surface area contributed by atoms with Gasteiger partial charge in [0.25, 0.3) is 0 Å². The molecule has 14 heavy (non-hydrogen) atoms. The summed E-state index contributed by atoms with van der Waals surface area (Å²) in [7, 11) is -4.32. The summed E-state index contributed by atoms with van der Waals surface area (Å²) < 4.78 is 45.7. The molecule has 0 aromatic rings. The molecule has 0 aliphatic rings. The van der Waals surface area contributed by atoms with Crippen LogP contribution in [0.2, 0.25) is 19.6 Å². The van der Waals surface area contributed by atoms with Gasteiger partial charge in [0, 0.05) is 0 Å². The van der Waals surface area contributed by atoms with Crippen molar-refractivity contribution in [3.8, 4) is 0 Å². The normalized spacial score (nSPS) is 14.3. The van der Waals surface area contributed by atoms with Crippen molar-refractivity contribution >= 4 is 15.5 Å². The number of hydrogen-bond donors (Lipinski definition) is 0.